The van der Waals surface area contributed by atoms with Crippen LogP contribution in [0.4, 0.5) is 11.4 Å². The lowest BCUT2D eigenvalue weighted by molar-refractivity contribution is 0.641. The largest absolute Gasteiger partial charge is 0.338 e. The monoisotopic (exact) mass is 408 g/mol. The Labute approximate surface area is 181 Å². The predicted molar refractivity (Wildman–Crippen MR) is 129 cm³/mol. The first-order valence-electron chi connectivity index (χ1n) is 10.8. The number of fused-ring (bicyclic) bond motifs is 4. The van der Waals surface area contributed by atoms with Gasteiger partial charge in [0.05, 0.1) is 10.2 Å². The molecule has 1 aromatic heterocycles. The van der Waals surface area contributed by atoms with Crippen LogP contribution in [-0.4, -0.2) is 11.0 Å². The van der Waals surface area contributed by atoms with E-state index in [2.05, 4.69) is 84.6 Å². The fraction of sp³-hybridized carbons (Fsp3) is 0.222. The highest BCUT2D eigenvalue weighted by atomic mass is 32.1. The number of aromatic nitrogens is 1. The number of rotatable bonds is 3. The first kappa shape index (κ1) is 17.9. The molecule has 0 radical (unpaired) electrons. The van der Waals surface area contributed by atoms with Crippen molar-refractivity contribution in [2.24, 2.45) is 0 Å². The van der Waals surface area contributed by atoms with Crippen molar-refractivity contribution in [3.63, 3.8) is 0 Å². The zero-order valence-corrected chi connectivity index (χ0v) is 17.9. The van der Waals surface area contributed by atoms with Crippen molar-refractivity contribution in [1.29, 1.82) is 0 Å². The van der Waals surface area contributed by atoms with E-state index in [0.29, 0.717) is 12.0 Å². The Bertz CT molecular complexity index is 1240. The molecule has 30 heavy (non-hydrogen) atoms. The summed E-state index contributed by atoms with van der Waals surface area (Å²) >= 11 is 1.75. The summed E-state index contributed by atoms with van der Waals surface area (Å²) in [5.74, 6) is 0.649. The molecule has 1 aliphatic carbocycles. The Balaban J connectivity index is 1.36. The van der Waals surface area contributed by atoms with Crippen LogP contribution in [0.15, 0.2) is 66.7 Å². The maximum Gasteiger partial charge on any atom is 0.117 e. The molecule has 2 nitrogen and oxygen atoms in total. The van der Waals surface area contributed by atoms with E-state index in [1.807, 2.05) is 6.07 Å². The van der Waals surface area contributed by atoms with Gasteiger partial charge in [-0.1, -0.05) is 42.8 Å². The summed E-state index contributed by atoms with van der Waals surface area (Å²) in [6.45, 7) is 2.18. The van der Waals surface area contributed by atoms with Gasteiger partial charge >= 0.3 is 0 Å². The van der Waals surface area contributed by atoms with Crippen LogP contribution in [0.3, 0.4) is 0 Å². The number of hydrogen-bond acceptors (Lipinski definition) is 3. The first-order chi connectivity index (χ1) is 14.8. The van der Waals surface area contributed by atoms with Crippen molar-refractivity contribution in [2.75, 3.05) is 4.90 Å². The molecule has 1 fully saturated rings. The molecule has 2 atom stereocenters. The van der Waals surface area contributed by atoms with E-state index in [1.165, 1.54) is 52.0 Å². The van der Waals surface area contributed by atoms with Crippen LogP contribution in [0.2, 0.25) is 0 Å². The fourth-order valence-corrected chi connectivity index (χ4v) is 6.09. The normalized spacial score (nSPS) is 20.2. The summed E-state index contributed by atoms with van der Waals surface area (Å²) in [5.41, 5.74) is 7.93. The smallest absolute Gasteiger partial charge is 0.117 e. The molecular weight excluding hydrogens is 384 g/mol. The molecule has 4 aromatic rings. The Morgan fingerprint density at radius 1 is 0.967 bits per heavy atom. The summed E-state index contributed by atoms with van der Waals surface area (Å²) < 4.78 is 1.24. The molecule has 0 bridgehead atoms. The van der Waals surface area contributed by atoms with Gasteiger partial charge in [0.15, 0.2) is 0 Å². The Morgan fingerprint density at radius 3 is 2.80 bits per heavy atom. The van der Waals surface area contributed by atoms with Gasteiger partial charge in [0.1, 0.15) is 5.01 Å². The van der Waals surface area contributed by atoms with E-state index in [-0.39, 0.29) is 0 Å². The van der Waals surface area contributed by atoms with Gasteiger partial charge in [0.2, 0.25) is 0 Å². The van der Waals surface area contributed by atoms with Gasteiger partial charge in [-0.15, -0.1) is 11.3 Å². The highest BCUT2D eigenvalue weighted by Gasteiger charge is 2.41. The molecular formula is C27H24N2S. The minimum absolute atomic E-state index is 0.602. The quantitative estimate of drug-likeness (QED) is 0.348. The van der Waals surface area contributed by atoms with Crippen molar-refractivity contribution in [1.82, 2.24) is 4.98 Å². The minimum atomic E-state index is 0.602. The van der Waals surface area contributed by atoms with Crippen LogP contribution in [0.25, 0.3) is 22.4 Å². The summed E-state index contributed by atoms with van der Waals surface area (Å²) in [4.78, 5) is 7.34. The van der Waals surface area contributed by atoms with Crippen LogP contribution in [-0.2, 0) is 0 Å². The van der Waals surface area contributed by atoms with Gasteiger partial charge in [-0.25, -0.2) is 4.98 Å². The van der Waals surface area contributed by atoms with Crippen molar-refractivity contribution < 1.29 is 0 Å². The lowest BCUT2D eigenvalue weighted by Gasteiger charge is -2.27. The van der Waals surface area contributed by atoms with E-state index in [1.54, 1.807) is 11.3 Å². The summed E-state index contributed by atoms with van der Waals surface area (Å²) in [7, 11) is 0. The lowest BCUT2D eigenvalue weighted by Crippen LogP contribution is -2.26. The van der Waals surface area contributed by atoms with E-state index >= 15 is 0 Å². The highest BCUT2D eigenvalue weighted by Crippen LogP contribution is 2.52. The number of para-hydroxylation sites is 1. The summed E-state index contributed by atoms with van der Waals surface area (Å²) in [6.07, 6.45) is 8.28. The molecule has 3 heteroatoms. The second-order valence-electron chi connectivity index (χ2n) is 8.49. The van der Waals surface area contributed by atoms with Crippen LogP contribution in [0, 0.1) is 6.92 Å². The lowest BCUT2D eigenvalue weighted by atomic mass is 9.96. The molecule has 0 N–H and O–H groups in total. The molecule has 2 aliphatic rings. The molecule has 2 unspecified atom stereocenters. The molecule has 6 rings (SSSR count). The van der Waals surface area contributed by atoms with Crippen molar-refractivity contribution in [3.8, 4) is 0 Å². The van der Waals surface area contributed by atoms with Gasteiger partial charge in [-0.2, -0.15) is 0 Å². The predicted octanol–water partition coefficient (Wildman–Crippen LogP) is 7.56. The van der Waals surface area contributed by atoms with Crippen LogP contribution >= 0.6 is 11.3 Å². The third kappa shape index (κ3) is 2.96. The van der Waals surface area contributed by atoms with Crippen LogP contribution < -0.4 is 4.90 Å². The SMILES string of the molecule is Cc1cccc(N2c3ccc(/C=C/c4nc5ccccc5s4)cc3C3CCCC32)c1. The number of hydrogen-bond donors (Lipinski definition) is 0. The average molecular weight is 409 g/mol. The number of benzene rings is 3. The first-order valence-corrected chi connectivity index (χ1v) is 11.6. The van der Waals surface area contributed by atoms with Crippen LogP contribution in [0.5, 0.6) is 0 Å². The Morgan fingerprint density at radius 2 is 1.90 bits per heavy atom. The average Bonchev–Trinajstić information content (AvgIpc) is 3.46. The van der Waals surface area contributed by atoms with E-state index in [4.69, 9.17) is 4.98 Å². The zero-order chi connectivity index (χ0) is 20.1. The number of aryl methyl sites for hydroxylation is 1. The molecule has 1 saturated carbocycles. The minimum Gasteiger partial charge on any atom is -0.338 e. The number of anilines is 2. The standard InChI is InChI=1S/C27H24N2S/c1-18-6-4-7-20(16-18)29-24-10-5-8-21(24)22-17-19(12-14-25(22)29)13-15-27-28-23-9-2-3-11-26(23)30-27/h2-4,6-7,9,11-17,21,24H,5,8,10H2,1H3/b15-13+. The second-order valence-corrected chi connectivity index (χ2v) is 9.55. The van der Waals surface area contributed by atoms with Gasteiger partial charge in [0, 0.05) is 23.3 Å². The maximum atomic E-state index is 4.74. The molecule has 1 aliphatic heterocycles. The van der Waals surface area contributed by atoms with Crippen molar-refractivity contribution >= 4 is 45.1 Å². The van der Waals surface area contributed by atoms with Gasteiger partial charge in [-0.05, 0) is 78.9 Å². The third-order valence-electron chi connectivity index (χ3n) is 6.53. The Kier molecular flexibility index (Phi) is 4.24. The van der Waals surface area contributed by atoms with E-state index in [0.717, 1.165) is 10.5 Å². The molecule has 148 valence electrons. The Hall–Kier alpha value is -2.91. The molecule has 2 heterocycles. The van der Waals surface area contributed by atoms with Crippen LogP contribution in [0.1, 0.15) is 46.9 Å². The van der Waals surface area contributed by atoms with Crippen molar-refractivity contribution in [2.45, 2.75) is 38.1 Å². The van der Waals surface area contributed by atoms with Gasteiger partial charge in [-0.3, -0.25) is 0 Å². The summed E-state index contributed by atoms with van der Waals surface area (Å²) in [5, 5.41) is 1.07. The third-order valence-corrected chi connectivity index (χ3v) is 7.53. The van der Waals surface area contributed by atoms with E-state index < -0.39 is 0 Å². The maximum absolute atomic E-state index is 4.74. The molecule has 0 saturated heterocycles. The number of thiazole rings is 1. The van der Waals surface area contributed by atoms with Gasteiger partial charge in [0.25, 0.3) is 0 Å². The molecule has 0 spiro atoms. The van der Waals surface area contributed by atoms with Crippen molar-refractivity contribution in [3.05, 3.63) is 88.4 Å². The highest BCUT2D eigenvalue weighted by molar-refractivity contribution is 7.19. The molecule has 0 amide bonds. The van der Waals surface area contributed by atoms with E-state index in [9.17, 15) is 0 Å². The second kappa shape index (κ2) is 7.10. The number of nitrogens with zero attached hydrogens (tertiary/aromatic N) is 2. The van der Waals surface area contributed by atoms with Gasteiger partial charge < -0.3 is 4.90 Å². The summed E-state index contributed by atoms with van der Waals surface area (Å²) in [6, 6.07) is 24.9. The molecule has 3 aromatic carbocycles. The fourth-order valence-electron chi connectivity index (χ4n) is 5.22. The zero-order valence-electron chi connectivity index (χ0n) is 17.1. The topological polar surface area (TPSA) is 16.1 Å².